The van der Waals surface area contributed by atoms with Crippen molar-refractivity contribution in [3.63, 3.8) is 0 Å². The van der Waals surface area contributed by atoms with Gasteiger partial charge in [-0.1, -0.05) is 25.4 Å². The number of hydrogen-bond donors (Lipinski definition) is 2. The minimum atomic E-state index is -4.44. The van der Waals surface area contributed by atoms with Crippen LogP contribution in [0.2, 0.25) is 5.02 Å². The fraction of sp³-hybridized carbons (Fsp3) is 0.467. The number of nitrogens with zero attached hydrogens (tertiary/aromatic N) is 1. The molecule has 0 unspecified atom stereocenters. The van der Waals surface area contributed by atoms with E-state index in [4.69, 9.17) is 23.8 Å². The van der Waals surface area contributed by atoms with E-state index >= 15 is 0 Å². The Morgan fingerprint density at radius 2 is 2.00 bits per heavy atom. The number of hydrazone groups is 1. The molecule has 0 aliphatic heterocycles. The summed E-state index contributed by atoms with van der Waals surface area (Å²) < 4.78 is 38.1. The van der Waals surface area contributed by atoms with E-state index < -0.39 is 11.7 Å². The summed E-state index contributed by atoms with van der Waals surface area (Å²) in [7, 11) is 0. The van der Waals surface area contributed by atoms with E-state index in [2.05, 4.69) is 29.7 Å². The molecule has 0 radical (unpaired) electrons. The third-order valence-corrected chi connectivity index (χ3v) is 3.50. The standard InChI is InChI=1S/C15H19ClF3N3S/c1-9(2)4-5-10(3)21-22-14(23)20-13-8-11(15(17,18)19)6-7-12(13)16/h6-9H,4-5H2,1-3H3,(H2,20,22,23)/b21-10-. The van der Waals surface area contributed by atoms with E-state index in [0.717, 1.165) is 30.7 Å². The van der Waals surface area contributed by atoms with Gasteiger partial charge in [-0.15, -0.1) is 0 Å². The van der Waals surface area contributed by atoms with Crippen molar-refractivity contribution in [2.45, 2.75) is 39.8 Å². The average molecular weight is 366 g/mol. The second-order valence-electron chi connectivity index (χ2n) is 5.54. The Morgan fingerprint density at radius 3 is 2.57 bits per heavy atom. The van der Waals surface area contributed by atoms with Crippen LogP contribution in [0.25, 0.3) is 0 Å². The van der Waals surface area contributed by atoms with Gasteiger partial charge in [-0.25, -0.2) is 0 Å². The summed E-state index contributed by atoms with van der Waals surface area (Å²) in [6, 6.07) is 3.00. The van der Waals surface area contributed by atoms with E-state index in [1.165, 1.54) is 6.07 Å². The van der Waals surface area contributed by atoms with Gasteiger partial charge in [-0.05, 0) is 56.1 Å². The zero-order valence-corrected chi connectivity index (χ0v) is 14.7. The molecule has 0 fully saturated rings. The molecule has 0 atom stereocenters. The number of anilines is 1. The fourth-order valence-corrected chi connectivity index (χ4v) is 1.97. The Hall–Kier alpha value is -1.34. The Morgan fingerprint density at radius 1 is 1.35 bits per heavy atom. The minimum absolute atomic E-state index is 0.0778. The van der Waals surface area contributed by atoms with Crippen LogP contribution in [0.5, 0.6) is 0 Å². The summed E-state index contributed by atoms with van der Waals surface area (Å²) in [6.45, 7) is 6.08. The molecule has 0 saturated carbocycles. The van der Waals surface area contributed by atoms with Crippen molar-refractivity contribution in [1.29, 1.82) is 0 Å². The maximum absolute atomic E-state index is 12.7. The van der Waals surface area contributed by atoms with Gasteiger partial charge in [-0.2, -0.15) is 18.3 Å². The van der Waals surface area contributed by atoms with Gasteiger partial charge < -0.3 is 5.32 Å². The van der Waals surface area contributed by atoms with E-state index in [1.807, 2.05) is 6.92 Å². The van der Waals surface area contributed by atoms with Gasteiger partial charge >= 0.3 is 6.18 Å². The van der Waals surface area contributed by atoms with Crippen molar-refractivity contribution in [3.8, 4) is 0 Å². The minimum Gasteiger partial charge on any atom is -0.330 e. The molecular formula is C15H19ClF3N3S. The maximum atomic E-state index is 12.7. The van der Waals surface area contributed by atoms with E-state index in [0.29, 0.717) is 5.92 Å². The molecule has 23 heavy (non-hydrogen) atoms. The van der Waals surface area contributed by atoms with Crippen molar-refractivity contribution >= 4 is 40.3 Å². The normalized spacial score (nSPS) is 12.4. The first-order chi connectivity index (χ1) is 10.6. The molecule has 0 heterocycles. The molecule has 3 nitrogen and oxygen atoms in total. The topological polar surface area (TPSA) is 36.4 Å². The highest BCUT2D eigenvalue weighted by atomic mass is 35.5. The van der Waals surface area contributed by atoms with Crippen molar-refractivity contribution in [2.75, 3.05) is 5.32 Å². The quantitative estimate of drug-likeness (QED) is 0.413. The molecule has 8 heteroatoms. The van der Waals surface area contributed by atoms with E-state index in [9.17, 15) is 13.2 Å². The number of benzene rings is 1. The number of nitrogens with one attached hydrogen (secondary N) is 2. The lowest BCUT2D eigenvalue weighted by molar-refractivity contribution is -0.137. The predicted octanol–water partition coefficient (Wildman–Crippen LogP) is 5.46. The predicted molar refractivity (Wildman–Crippen MR) is 93.0 cm³/mol. The monoisotopic (exact) mass is 365 g/mol. The fourth-order valence-electron chi connectivity index (χ4n) is 1.65. The molecule has 0 saturated heterocycles. The number of halogens is 4. The molecule has 0 amide bonds. The number of thiocarbonyl (C=S) groups is 1. The number of rotatable bonds is 5. The molecular weight excluding hydrogens is 347 g/mol. The molecule has 0 spiro atoms. The summed E-state index contributed by atoms with van der Waals surface area (Å²) in [4.78, 5) is 0. The average Bonchev–Trinajstić information content (AvgIpc) is 2.44. The van der Waals surface area contributed by atoms with Gasteiger partial charge in [0, 0.05) is 5.71 Å². The molecule has 0 aliphatic rings. The Labute approximate surface area is 144 Å². The van der Waals surface area contributed by atoms with Crippen LogP contribution in [0.1, 0.15) is 39.2 Å². The van der Waals surface area contributed by atoms with Crippen LogP contribution in [0.3, 0.4) is 0 Å². The zero-order valence-electron chi connectivity index (χ0n) is 13.1. The molecule has 1 aromatic carbocycles. The molecule has 0 aliphatic carbocycles. The molecule has 0 aromatic heterocycles. The Bertz CT molecular complexity index is 586. The van der Waals surface area contributed by atoms with Gasteiger partial charge in [0.25, 0.3) is 0 Å². The van der Waals surface area contributed by atoms with Gasteiger partial charge in [0.15, 0.2) is 5.11 Å². The van der Waals surface area contributed by atoms with Crippen LogP contribution >= 0.6 is 23.8 Å². The Kier molecular flexibility index (Phi) is 7.28. The van der Waals surface area contributed by atoms with E-state index in [-0.39, 0.29) is 15.8 Å². The van der Waals surface area contributed by atoms with Gasteiger partial charge in [0.1, 0.15) is 0 Å². The molecule has 2 N–H and O–H groups in total. The summed E-state index contributed by atoms with van der Waals surface area (Å²) in [5, 5.41) is 6.94. The molecule has 1 rings (SSSR count). The first kappa shape index (κ1) is 19.7. The van der Waals surface area contributed by atoms with Crippen LogP contribution < -0.4 is 10.7 Å². The van der Waals surface area contributed by atoms with Crippen LogP contribution in [0, 0.1) is 5.92 Å². The lowest BCUT2D eigenvalue weighted by Gasteiger charge is -2.13. The van der Waals surface area contributed by atoms with Gasteiger partial charge in [0.05, 0.1) is 16.3 Å². The lowest BCUT2D eigenvalue weighted by Crippen LogP contribution is -2.25. The van der Waals surface area contributed by atoms with Gasteiger partial charge in [0.2, 0.25) is 0 Å². The second kappa shape index (κ2) is 8.49. The first-order valence-electron chi connectivity index (χ1n) is 7.06. The number of hydrogen-bond acceptors (Lipinski definition) is 2. The number of alkyl halides is 3. The van der Waals surface area contributed by atoms with Crippen LogP contribution in [0.4, 0.5) is 18.9 Å². The highest BCUT2D eigenvalue weighted by Gasteiger charge is 2.31. The van der Waals surface area contributed by atoms with E-state index in [1.54, 1.807) is 0 Å². The summed E-state index contributed by atoms with van der Waals surface area (Å²) in [6.07, 6.45) is -2.63. The van der Waals surface area contributed by atoms with Crippen LogP contribution in [-0.2, 0) is 6.18 Å². The first-order valence-corrected chi connectivity index (χ1v) is 7.85. The smallest absolute Gasteiger partial charge is 0.330 e. The molecule has 128 valence electrons. The van der Waals surface area contributed by atoms with Crippen molar-refractivity contribution in [1.82, 2.24) is 5.43 Å². The molecule has 0 bridgehead atoms. The SMILES string of the molecule is C/C(CCC(C)C)=N/NC(=S)Nc1cc(C(F)(F)F)ccc1Cl. The molecule has 1 aromatic rings. The van der Waals surface area contributed by atoms with Crippen molar-refractivity contribution in [2.24, 2.45) is 11.0 Å². The largest absolute Gasteiger partial charge is 0.416 e. The summed E-state index contributed by atoms with van der Waals surface area (Å²) in [5.41, 5.74) is 2.74. The third kappa shape index (κ3) is 7.18. The Balaban J connectivity index is 2.69. The maximum Gasteiger partial charge on any atom is 0.416 e. The van der Waals surface area contributed by atoms with Crippen LogP contribution in [-0.4, -0.2) is 10.8 Å². The zero-order chi connectivity index (χ0) is 17.6. The van der Waals surface area contributed by atoms with Crippen LogP contribution in [0.15, 0.2) is 23.3 Å². The summed E-state index contributed by atoms with van der Waals surface area (Å²) >= 11 is 10.9. The third-order valence-electron chi connectivity index (χ3n) is 2.97. The van der Waals surface area contributed by atoms with Crippen molar-refractivity contribution in [3.05, 3.63) is 28.8 Å². The summed E-state index contributed by atoms with van der Waals surface area (Å²) in [5.74, 6) is 0.564. The second-order valence-corrected chi connectivity index (χ2v) is 6.35. The highest BCUT2D eigenvalue weighted by molar-refractivity contribution is 7.80. The van der Waals surface area contributed by atoms with Crippen molar-refractivity contribution < 1.29 is 13.2 Å². The van der Waals surface area contributed by atoms with Gasteiger partial charge in [-0.3, -0.25) is 5.43 Å². The highest BCUT2D eigenvalue weighted by Crippen LogP contribution is 2.33. The lowest BCUT2D eigenvalue weighted by atomic mass is 10.1.